The molecule has 84 valence electrons. The first-order valence-corrected chi connectivity index (χ1v) is 5.52. The van der Waals surface area contributed by atoms with Gasteiger partial charge in [0.25, 0.3) is 0 Å². The summed E-state index contributed by atoms with van der Waals surface area (Å²) in [4.78, 5) is 11.7. The van der Waals surface area contributed by atoms with Gasteiger partial charge in [0.15, 0.2) is 0 Å². The monoisotopic (exact) mass is 248 g/mol. The topological polar surface area (TPSA) is 66.9 Å². The highest BCUT2D eigenvalue weighted by atomic mass is 35.5. The molecule has 2 rings (SSSR count). The van der Waals surface area contributed by atoms with Crippen LogP contribution in [0.3, 0.4) is 0 Å². The average molecular weight is 249 g/mol. The Kier molecular flexibility index (Phi) is 4.93. The molecule has 0 unspecified atom stereocenters. The van der Waals surface area contributed by atoms with E-state index < -0.39 is 0 Å². The van der Waals surface area contributed by atoms with E-state index in [1.807, 2.05) is 0 Å². The molecule has 0 aromatic carbocycles. The molecule has 15 heavy (non-hydrogen) atoms. The van der Waals surface area contributed by atoms with E-state index in [0.29, 0.717) is 5.13 Å². The highest BCUT2D eigenvalue weighted by Crippen LogP contribution is 2.15. The molecule has 1 aliphatic rings. The van der Waals surface area contributed by atoms with Crippen LogP contribution in [0.1, 0.15) is 12.8 Å². The van der Waals surface area contributed by atoms with Gasteiger partial charge in [-0.1, -0.05) is 11.3 Å². The number of halogens is 1. The number of amides is 1. The van der Waals surface area contributed by atoms with Gasteiger partial charge in [-0.25, -0.2) is 0 Å². The molecule has 1 aliphatic heterocycles. The maximum atomic E-state index is 11.7. The van der Waals surface area contributed by atoms with E-state index in [-0.39, 0.29) is 24.2 Å². The highest BCUT2D eigenvalue weighted by Gasteiger charge is 2.21. The Bertz CT molecular complexity index is 300. The van der Waals surface area contributed by atoms with Gasteiger partial charge in [0.1, 0.15) is 5.51 Å². The van der Waals surface area contributed by atoms with Gasteiger partial charge in [-0.2, -0.15) is 0 Å². The number of anilines is 1. The summed E-state index contributed by atoms with van der Waals surface area (Å²) in [7, 11) is 0. The summed E-state index contributed by atoms with van der Waals surface area (Å²) < 4.78 is 0. The van der Waals surface area contributed by atoms with Crippen molar-refractivity contribution in [1.29, 1.82) is 0 Å². The van der Waals surface area contributed by atoms with Gasteiger partial charge in [-0.15, -0.1) is 22.6 Å². The highest BCUT2D eigenvalue weighted by molar-refractivity contribution is 7.13. The van der Waals surface area contributed by atoms with Crippen LogP contribution in [0.4, 0.5) is 5.13 Å². The lowest BCUT2D eigenvalue weighted by atomic mass is 9.97. The van der Waals surface area contributed by atoms with Crippen molar-refractivity contribution in [3.63, 3.8) is 0 Å². The summed E-state index contributed by atoms with van der Waals surface area (Å²) in [5.74, 6) is 0.198. The van der Waals surface area contributed by atoms with Crippen molar-refractivity contribution in [2.45, 2.75) is 12.8 Å². The van der Waals surface area contributed by atoms with Crippen molar-refractivity contribution in [3.05, 3.63) is 5.51 Å². The number of rotatable bonds is 2. The van der Waals surface area contributed by atoms with E-state index in [2.05, 4.69) is 20.8 Å². The van der Waals surface area contributed by atoms with Crippen molar-refractivity contribution in [2.24, 2.45) is 5.92 Å². The lowest BCUT2D eigenvalue weighted by molar-refractivity contribution is -0.120. The van der Waals surface area contributed by atoms with Crippen LogP contribution in [0.15, 0.2) is 5.51 Å². The summed E-state index contributed by atoms with van der Waals surface area (Å²) in [6.45, 7) is 1.85. The summed E-state index contributed by atoms with van der Waals surface area (Å²) >= 11 is 1.35. The Balaban J connectivity index is 0.00000112. The molecule has 5 nitrogen and oxygen atoms in total. The predicted molar refractivity (Wildman–Crippen MR) is 61.4 cm³/mol. The number of nitrogens with one attached hydrogen (secondary N) is 2. The number of hydrogen-bond acceptors (Lipinski definition) is 5. The molecule has 1 aromatic rings. The second-order valence-corrected chi connectivity index (χ2v) is 4.09. The Labute approximate surface area is 98.1 Å². The maximum Gasteiger partial charge on any atom is 0.229 e. The summed E-state index contributed by atoms with van der Waals surface area (Å²) in [5.41, 5.74) is 1.61. The van der Waals surface area contributed by atoms with Crippen LogP contribution in [-0.4, -0.2) is 29.2 Å². The number of nitrogens with zero attached hydrogens (tertiary/aromatic N) is 2. The molecule has 0 aliphatic carbocycles. The van der Waals surface area contributed by atoms with Gasteiger partial charge < -0.3 is 10.6 Å². The minimum absolute atomic E-state index is 0. The van der Waals surface area contributed by atoms with Crippen LogP contribution in [0.2, 0.25) is 0 Å². The molecule has 1 aromatic heterocycles. The Morgan fingerprint density at radius 1 is 1.53 bits per heavy atom. The first kappa shape index (κ1) is 12.4. The largest absolute Gasteiger partial charge is 0.317 e. The third-order valence-corrected chi connectivity index (χ3v) is 2.91. The molecule has 1 amide bonds. The van der Waals surface area contributed by atoms with Gasteiger partial charge in [-0.3, -0.25) is 4.79 Å². The molecule has 2 heterocycles. The predicted octanol–water partition coefficient (Wildman–Crippen LogP) is 0.898. The van der Waals surface area contributed by atoms with Crippen LogP contribution in [0.25, 0.3) is 0 Å². The van der Waals surface area contributed by atoms with Crippen LogP contribution in [-0.2, 0) is 4.79 Å². The third kappa shape index (κ3) is 3.40. The van der Waals surface area contributed by atoms with E-state index in [9.17, 15) is 4.79 Å². The minimum atomic E-state index is 0. The van der Waals surface area contributed by atoms with E-state index in [1.54, 1.807) is 5.51 Å². The lowest BCUT2D eigenvalue weighted by Crippen LogP contribution is -2.34. The molecule has 7 heteroatoms. The fourth-order valence-corrected chi connectivity index (χ4v) is 1.97. The normalized spacial score (nSPS) is 16.8. The third-order valence-electron chi connectivity index (χ3n) is 2.30. The first-order chi connectivity index (χ1) is 6.86. The fraction of sp³-hybridized carbons (Fsp3) is 0.625. The van der Waals surface area contributed by atoms with Crippen molar-refractivity contribution in [2.75, 3.05) is 18.4 Å². The zero-order valence-corrected chi connectivity index (χ0v) is 9.74. The number of hydrogen-bond donors (Lipinski definition) is 2. The molecule has 0 atom stereocenters. The van der Waals surface area contributed by atoms with Gasteiger partial charge in [-0.05, 0) is 25.9 Å². The smallest absolute Gasteiger partial charge is 0.229 e. The quantitative estimate of drug-likeness (QED) is 0.816. The Hall–Kier alpha value is -0.720. The molecule has 0 radical (unpaired) electrons. The van der Waals surface area contributed by atoms with Crippen molar-refractivity contribution in [1.82, 2.24) is 15.5 Å². The molecular formula is C8H13ClN4OS. The molecule has 0 bridgehead atoms. The number of carbonyl (C=O) groups is 1. The van der Waals surface area contributed by atoms with E-state index in [4.69, 9.17) is 0 Å². The number of carbonyl (C=O) groups excluding carboxylic acids is 1. The van der Waals surface area contributed by atoms with Crippen molar-refractivity contribution >= 4 is 34.8 Å². The van der Waals surface area contributed by atoms with Crippen LogP contribution in [0, 0.1) is 5.92 Å². The SMILES string of the molecule is Cl.O=C(Nc1nncs1)C1CCNCC1. The maximum absolute atomic E-state index is 11.7. The summed E-state index contributed by atoms with van der Waals surface area (Å²) in [5, 5.41) is 14.0. The van der Waals surface area contributed by atoms with E-state index in [0.717, 1.165) is 25.9 Å². The molecule has 1 saturated heterocycles. The van der Waals surface area contributed by atoms with Gasteiger partial charge in [0.2, 0.25) is 11.0 Å². The fourth-order valence-electron chi connectivity index (χ4n) is 1.52. The van der Waals surface area contributed by atoms with Crippen LogP contribution < -0.4 is 10.6 Å². The zero-order chi connectivity index (χ0) is 9.80. The van der Waals surface area contributed by atoms with Crippen molar-refractivity contribution in [3.8, 4) is 0 Å². The van der Waals surface area contributed by atoms with Crippen LogP contribution in [0.5, 0.6) is 0 Å². The van der Waals surface area contributed by atoms with E-state index >= 15 is 0 Å². The number of aromatic nitrogens is 2. The van der Waals surface area contributed by atoms with E-state index in [1.165, 1.54) is 11.3 Å². The van der Waals surface area contributed by atoms with Crippen LogP contribution >= 0.6 is 23.7 Å². The summed E-state index contributed by atoms with van der Waals surface area (Å²) in [6.07, 6.45) is 1.81. The summed E-state index contributed by atoms with van der Waals surface area (Å²) in [6, 6.07) is 0. The molecule has 1 fully saturated rings. The molecular weight excluding hydrogens is 236 g/mol. The van der Waals surface area contributed by atoms with Gasteiger partial charge in [0.05, 0.1) is 0 Å². The van der Waals surface area contributed by atoms with Gasteiger partial charge >= 0.3 is 0 Å². The van der Waals surface area contributed by atoms with Crippen molar-refractivity contribution < 1.29 is 4.79 Å². The lowest BCUT2D eigenvalue weighted by Gasteiger charge is -2.20. The average Bonchev–Trinajstić information content (AvgIpc) is 2.72. The molecule has 0 saturated carbocycles. The molecule has 0 spiro atoms. The van der Waals surface area contributed by atoms with Gasteiger partial charge in [0, 0.05) is 5.92 Å². The Morgan fingerprint density at radius 3 is 2.87 bits per heavy atom. The zero-order valence-electron chi connectivity index (χ0n) is 8.10. The minimum Gasteiger partial charge on any atom is -0.317 e. The Morgan fingerprint density at radius 2 is 2.27 bits per heavy atom. The first-order valence-electron chi connectivity index (χ1n) is 4.64. The molecule has 2 N–H and O–H groups in total. The second kappa shape index (κ2) is 5.99. The number of piperidine rings is 1. The standard InChI is InChI=1S/C8H12N4OS.ClH/c13-7(6-1-3-9-4-2-6)11-8-12-10-5-14-8;/h5-6,9H,1-4H2,(H,11,12,13);1H. The second-order valence-electron chi connectivity index (χ2n) is 3.26.